The molecule has 1 amide bonds. The number of hydrogen-bond donors (Lipinski definition) is 1. The molecule has 5 nitrogen and oxygen atoms in total. The molecule has 1 aliphatic rings. The van der Waals surface area contributed by atoms with Crippen molar-refractivity contribution in [3.63, 3.8) is 0 Å². The second-order valence-corrected chi connectivity index (χ2v) is 7.28. The largest absolute Gasteiger partial charge is 0.383 e. The summed E-state index contributed by atoms with van der Waals surface area (Å²) in [6.45, 7) is 5.03. The van der Waals surface area contributed by atoms with Gasteiger partial charge in [0, 0.05) is 40.5 Å². The molecule has 1 aliphatic heterocycles. The van der Waals surface area contributed by atoms with Crippen LogP contribution in [0.15, 0.2) is 18.2 Å². The van der Waals surface area contributed by atoms with Crippen LogP contribution in [0.5, 0.6) is 0 Å². The summed E-state index contributed by atoms with van der Waals surface area (Å²) in [6.07, 6.45) is 0. The van der Waals surface area contributed by atoms with Crippen LogP contribution >= 0.6 is 23.2 Å². The smallest absolute Gasteiger partial charge is 0.257 e. The lowest BCUT2D eigenvalue weighted by Crippen LogP contribution is -2.36. The molecule has 2 N–H and O–H groups in total. The summed E-state index contributed by atoms with van der Waals surface area (Å²) in [5, 5.41) is 1.02. The van der Waals surface area contributed by atoms with Crippen molar-refractivity contribution in [2.24, 2.45) is 5.73 Å². The molecule has 1 atom stereocenters. The first kappa shape index (κ1) is 19.1. The number of aryl methyl sites for hydroxylation is 1. The highest BCUT2D eigenvalue weighted by atomic mass is 35.5. The molecule has 3 rings (SSSR count). The van der Waals surface area contributed by atoms with E-state index in [-0.39, 0.29) is 18.5 Å². The minimum Gasteiger partial charge on any atom is -0.383 e. The minimum atomic E-state index is -0.0761. The average Bonchev–Trinajstić information content (AvgIpc) is 2.90. The molecule has 0 fully saturated rings. The first-order valence-corrected chi connectivity index (χ1v) is 9.12. The first-order chi connectivity index (χ1) is 12.4. The van der Waals surface area contributed by atoms with E-state index >= 15 is 0 Å². The Hall–Kier alpha value is -1.66. The van der Waals surface area contributed by atoms with E-state index in [4.69, 9.17) is 33.7 Å². The van der Waals surface area contributed by atoms with E-state index in [1.165, 1.54) is 0 Å². The zero-order valence-electron chi connectivity index (χ0n) is 15.0. The fourth-order valence-corrected chi connectivity index (χ4v) is 3.95. The van der Waals surface area contributed by atoms with Crippen LogP contribution in [0.3, 0.4) is 0 Å². The van der Waals surface area contributed by atoms with Crippen molar-refractivity contribution in [1.29, 1.82) is 0 Å². The Morgan fingerprint density at radius 3 is 2.69 bits per heavy atom. The monoisotopic (exact) mass is 393 g/mol. The third kappa shape index (κ3) is 3.21. The van der Waals surface area contributed by atoms with Gasteiger partial charge in [0.15, 0.2) is 0 Å². The molecular formula is C19H21Cl2N3O2. The number of fused-ring (bicyclic) bond motifs is 1. The fourth-order valence-electron chi connectivity index (χ4n) is 3.45. The normalized spacial score (nSPS) is 14.7. The minimum absolute atomic E-state index is 0.0585. The van der Waals surface area contributed by atoms with Gasteiger partial charge < -0.3 is 15.4 Å². The average molecular weight is 394 g/mol. The lowest BCUT2D eigenvalue weighted by molar-refractivity contribution is 0.0587. The van der Waals surface area contributed by atoms with E-state index < -0.39 is 0 Å². The molecule has 0 radical (unpaired) electrons. The molecule has 26 heavy (non-hydrogen) atoms. The zero-order chi connectivity index (χ0) is 19.0. The summed E-state index contributed by atoms with van der Waals surface area (Å²) in [6, 6.07) is 5.20. The Morgan fingerprint density at radius 2 is 2.08 bits per heavy atom. The van der Waals surface area contributed by atoms with E-state index in [1.54, 1.807) is 24.1 Å². The number of hydrogen-bond acceptors (Lipinski definition) is 4. The van der Waals surface area contributed by atoms with Gasteiger partial charge in [-0.1, -0.05) is 29.3 Å². The van der Waals surface area contributed by atoms with Gasteiger partial charge in [-0.3, -0.25) is 9.78 Å². The van der Waals surface area contributed by atoms with E-state index in [9.17, 15) is 4.79 Å². The highest BCUT2D eigenvalue weighted by molar-refractivity contribution is 6.36. The maximum absolute atomic E-state index is 13.2. The van der Waals surface area contributed by atoms with E-state index in [1.807, 2.05) is 19.9 Å². The Kier molecular flexibility index (Phi) is 5.53. The lowest BCUT2D eigenvalue weighted by atomic mass is 9.93. The Bertz CT molecular complexity index is 870. The summed E-state index contributed by atoms with van der Waals surface area (Å²) >= 11 is 12.5. The van der Waals surface area contributed by atoms with Gasteiger partial charge in [-0.25, -0.2) is 0 Å². The second-order valence-electron chi connectivity index (χ2n) is 6.44. The van der Waals surface area contributed by atoms with Crippen molar-refractivity contribution in [3.8, 4) is 11.1 Å². The summed E-state index contributed by atoms with van der Waals surface area (Å²) < 4.78 is 5.21. The quantitative estimate of drug-likeness (QED) is 0.838. The van der Waals surface area contributed by atoms with E-state index in [2.05, 4.69) is 4.98 Å². The number of benzene rings is 1. The summed E-state index contributed by atoms with van der Waals surface area (Å²) in [5.41, 5.74) is 10.4. The third-order valence-corrected chi connectivity index (χ3v) is 5.27. The van der Waals surface area contributed by atoms with Crippen LogP contribution in [0.4, 0.5) is 0 Å². The molecule has 2 aromatic rings. The second kappa shape index (κ2) is 7.53. The van der Waals surface area contributed by atoms with Gasteiger partial charge in [-0.2, -0.15) is 0 Å². The number of pyridine rings is 1. The number of nitrogens with two attached hydrogens (primary N) is 1. The van der Waals surface area contributed by atoms with Crippen LogP contribution in [0, 0.1) is 6.92 Å². The van der Waals surface area contributed by atoms with Gasteiger partial charge >= 0.3 is 0 Å². The van der Waals surface area contributed by atoms with Crippen LogP contribution in [-0.2, 0) is 17.8 Å². The van der Waals surface area contributed by atoms with E-state index in [0.29, 0.717) is 28.8 Å². The summed E-state index contributed by atoms with van der Waals surface area (Å²) in [7, 11) is 1.62. The summed E-state index contributed by atoms with van der Waals surface area (Å²) in [4.78, 5) is 19.6. The van der Waals surface area contributed by atoms with Crippen LogP contribution in [0.2, 0.25) is 10.0 Å². The number of rotatable bonds is 5. The molecule has 0 saturated carbocycles. The fraction of sp³-hybridized carbons (Fsp3) is 0.368. The van der Waals surface area contributed by atoms with Crippen molar-refractivity contribution >= 4 is 29.1 Å². The molecule has 0 bridgehead atoms. The zero-order valence-corrected chi connectivity index (χ0v) is 16.5. The van der Waals surface area contributed by atoms with Crippen molar-refractivity contribution < 1.29 is 9.53 Å². The van der Waals surface area contributed by atoms with Crippen molar-refractivity contribution in [1.82, 2.24) is 9.88 Å². The predicted octanol–water partition coefficient (Wildman–Crippen LogP) is 3.81. The van der Waals surface area contributed by atoms with Crippen LogP contribution < -0.4 is 5.73 Å². The van der Waals surface area contributed by atoms with Crippen molar-refractivity contribution in [3.05, 3.63) is 50.8 Å². The molecule has 1 unspecified atom stereocenters. The van der Waals surface area contributed by atoms with Crippen LogP contribution in [0.1, 0.15) is 34.2 Å². The topological polar surface area (TPSA) is 68.4 Å². The maximum atomic E-state index is 13.2. The van der Waals surface area contributed by atoms with Crippen molar-refractivity contribution in [2.75, 3.05) is 13.7 Å². The molecule has 138 valence electrons. The van der Waals surface area contributed by atoms with Gasteiger partial charge in [0.25, 0.3) is 5.91 Å². The number of carbonyl (C=O) groups excluding carboxylic acids is 1. The SMILES string of the molecule is COCC(C)N1Cc2nc(C)c(CN)c(-c3ccc(Cl)cc3Cl)c2C1=O. The number of methoxy groups -OCH3 is 1. The number of carbonyl (C=O) groups is 1. The number of aromatic nitrogens is 1. The number of nitrogens with zero attached hydrogens (tertiary/aromatic N) is 2. The van der Waals surface area contributed by atoms with Crippen molar-refractivity contribution in [2.45, 2.75) is 33.0 Å². The first-order valence-electron chi connectivity index (χ1n) is 8.36. The van der Waals surface area contributed by atoms with Crippen LogP contribution in [0.25, 0.3) is 11.1 Å². The number of amides is 1. The molecule has 0 aliphatic carbocycles. The lowest BCUT2D eigenvalue weighted by Gasteiger charge is -2.23. The molecular weight excluding hydrogens is 373 g/mol. The van der Waals surface area contributed by atoms with Gasteiger partial charge in [-0.15, -0.1) is 0 Å². The Morgan fingerprint density at radius 1 is 1.35 bits per heavy atom. The molecule has 2 heterocycles. The summed E-state index contributed by atoms with van der Waals surface area (Å²) in [5.74, 6) is -0.0761. The Balaban J connectivity index is 2.22. The van der Waals surface area contributed by atoms with Gasteiger partial charge in [-0.05, 0) is 31.5 Å². The highest BCUT2D eigenvalue weighted by Crippen LogP contribution is 2.40. The predicted molar refractivity (Wildman–Crippen MR) is 104 cm³/mol. The number of halogens is 2. The van der Waals surface area contributed by atoms with Gasteiger partial charge in [0.1, 0.15) is 0 Å². The molecule has 1 aromatic carbocycles. The van der Waals surface area contributed by atoms with Crippen LogP contribution in [-0.4, -0.2) is 35.5 Å². The maximum Gasteiger partial charge on any atom is 0.257 e. The molecule has 1 aromatic heterocycles. The third-order valence-electron chi connectivity index (χ3n) is 4.72. The van der Waals surface area contributed by atoms with Gasteiger partial charge in [0.05, 0.1) is 30.5 Å². The van der Waals surface area contributed by atoms with Gasteiger partial charge in [0.2, 0.25) is 0 Å². The highest BCUT2D eigenvalue weighted by Gasteiger charge is 2.36. The molecule has 0 spiro atoms. The standard InChI is InChI=1S/C19H21Cl2N3O2/c1-10(9-26-3)24-8-16-18(19(24)25)17(14(7-22)11(2)23-16)13-5-4-12(20)6-15(13)21/h4-6,10H,7-9,22H2,1-3H3. The Labute approximate surface area is 163 Å². The van der Waals surface area contributed by atoms with E-state index in [0.717, 1.165) is 28.1 Å². The molecule has 0 saturated heterocycles. The molecule has 7 heteroatoms. The number of ether oxygens (including phenoxy) is 1.